The molecule has 0 aliphatic heterocycles. The molecule has 1 aliphatic rings. The minimum Gasteiger partial charge on any atom is -0.340 e. The SMILES string of the molecule is CNC1CCC(C(=O)N(C)Cc2cccs2)CC1. The minimum absolute atomic E-state index is 0.236. The molecule has 1 heterocycles. The van der Waals surface area contributed by atoms with Crippen LogP contribution in [0, 0.1) is 5.92 Å². The lowest BCUT2D eigenvalue weighted by molar-refractivity contribution is -0.135. The molecule has 0 aromatic carbocycles. The van der Waals surface area contributed by atoms with E-state index in [-0.39, 0.29) is 5.92 Å². The summed E-state index contributed by atoms with van der Waals surface area (Å²) < 4.78 is 0. The van der Waals surface area contributed by atoms with Crippen molar-refractivity contribution in [2.45, 2.75) is 38.3 Å². The van der Waals surface area contributed by atoms with Crippen molar-refractivity contribution in [2.24, 2.45) is 5.92 Å². The number of nitrogens with one attached hydrogen (secondary N) is 1. The molecular weight excluding hydrogens is 244 g/mol. The fraction of sp³-hybridized carbons (Fsp3) is 0.643. The monoisotopic (exact) mass is 266 g/mol. The molecule has 1 amide bonds. The number of nitrogens with zero attached hydrogens (tertiary/aromatic N) is 1. The van der Waals surface area contributed by atoms with E-state index in [0.717, 1.165) is 32.2 Å². The molecule has 1 fully saturated rings. The summed E-state index contributed by atoms with van der Waals surface area (Å²) in [5.74, 6) is 0.553. The Hall–Kier alpha value is -0.870. The van der Waals surface area contributed by atoms with E-state index in [0.29, 0.717) is 11.9 Å². The zero-order valence-corrected chi connectivity index (χ0v) is 12.0. The first-order valence-corrected chi connectivity index (χ1v) is 7.53. The first-order chi connectivity index (χ1) is 8.70. The highest BCUT2D eigenvalue weighted by Gasteiger charge is 2.27. The van der Waals surface area contributed by atoms with E-state index in [1.165, 1.54) is 4.88 Å². The van der Waals surface area contributed by atoms with Crippen LogP contribution in [0.4, 0.5) is 0 Å². The van der Waals surface area contributed by atoms with Crippen LogP contribution in [0.5, 0.6) is 0 Å². The van der Waals surface area contributed by atoms with E-state index >= 15 is 0 Å². The fourth-order valence-electron chi connectivity index (χ4n) is 2.65. The third-order valence-corrected chi connectivity index (χ3v) is 4.70. The van der Waals surface area contributed by atoms with Crippen LogP contribution in [0.2, 0.25) is 0 Å². The topological polar surface area (TPSA) is 32.3 Å². The highest BCUT2D eigenvalue weighted by atomic mass is 32.1. The second kappa shape index (κ2) is 6.34. The van der Waals surface area contributed by atoms with Crippen molar-refractivity contribution in [1.29, 1.82) is 0 Å². The molecule has 2 rings (SSSR count). The summed E-state index contributed by atoms with van der Waals surface area (Å²) in [6, 6.07) is 4.74. The molecule has 4 heteroatoms. The molecule has 18 heavy (non-hydrogen) atoms. The van der Waals surface area contributed by atoms with Crippen LogP contribution in [-0.2, 0) is 11.3 Å². The molecule has 1 aliphatic carbocycles. The van der Waals surface area contributed by atoms with Gasteiger partial charge in [0.25, 0.3) is 0 Å². The average molecular weight is 266 g/mol. The van der Waals surface area contributed by atoms with Gasteiger partial charge in [-0.25, -0.2) is 0 Å². The van der Waals surface area contributed by atoms with Gasteiger partial charge in [-0.3, -0.25) is 4.79 Å². The molecule has 1 saturated carbocycles. The van der Waals surface area contributed by atoms with Crippen molar-refractivity contribution in [1.82, 2.24) is 10.2 Å². The van der Waals surface area contributed by atoms with Crippen molar-refractivity contribution in [3.8, 4) is 0 Å². The predicted octanol–water partition coefficient (Wildman–Crippen LogP) is 2.48. The zero-order valence-electron chi connectivity index (χ0n) is 11.2. The largest absolute Gasteiger partial charge is 0.340 e. The van der Waals surface area contributed by atoms with Crippen molar-refractivity contribution < 1.29 is 4.79 Å². The first-order valence-electron chi connectivity index (χ1n) is 6.65. The Morgan fingerprint density at radius 2 is 2.17 bits per heavy atom. The number of amides is 1. The Bertz CT molecular complexity index is 369. The fourth-order valence-corrected chi connectivity index (χ4v) is 3.41. The van der Waals surface area contributed by atoms with Gasteiger partial charge in [-0.2, -0.15) is 0 Å². The second-order valence-electron chi connectivity index (χ2n) is 5.11. The van der Waals surface area contributed by atoms with Gasteiger partial charge < -0.3 is 10.2 Å². The summed E-state index contributed by atoms with van der Waals surface area (Å²) in [6.07, 6.45) is 4.30. The lowest BCUT2D eigenvalue weighted by atomic mass is 9.85. The number of carbonyl (C=O) groups excluding carboxylic acids is 1. The smallest absolute Gasteiger partial charge is 0.225 e. The summed E-state index contributed by atoms with van der Waals surface area (Å²) in [5.41, 5.74) is 0. The van der Waals surface area contributed by atoms with Crippen LogP contribution in [0.1, 0.15) is 30.6 Å². The Morgan fingerprint density at radius 1 is 1.44 bits per heavy atom. The van der Waals surface area contributed by atoms with Gasteiger partial charge >= 0.3 is 0 Å². The normalized spacial score (nSPS) is 23.9. The Balaban J connectivity index is 1.84. The van der Waals surface area contributed by atoms with E-state index in [2.05, 4.69) is 16.8 Å². The Morgan fingerprint density at radius 3 is 2.72 bits per heavy atom. The maximum absolute atomic E-state index is 12.3. The predicted molar refractivity (Wildman–Crippen MR) is 75.6 cm³/mol. The second-order valence-corrected chi connectivity index (χ2v) is 6.14. The van der Waals surface area contributed by atoms with Gasteiger partial charge in [0.15, 0.2) is 0 Å². The Kier molecular flexibility index (Phi) is 4.78. The summed E-state index contributed by atoms with van der Waals surface area (Å²) in [7, 11) is 3.93. The molecule has 100 valence electrons. The lowest BCUT2D eigenvalue weighted by Crippen LogP contribution is -2.38. The van der Waals surface area contributed by atoms with E-state index in [1.807, 2.05) is 25.1 Å². The maximum atomic E-state index is 12.3. The van der Waals surface area contributed by atoms with Crippen molar-refractivity contribution in [3.63, 3.8) is 0 Å². The maximum Gasteiger partial charge on any atom is 0.225 e. The van der Waals surface area contributed by atoms with Crippen LogP contribution in [0.25, 0.3) is 0 Å². The first kappa shape index (κ1) is 13.6. The van der Waals surface area contributed by atoms with Gasteiger partial charge in [0.2, 0.25) is 5.91 Å². The number of rotatable bonds is 4. The average Bonchev–Trinajstić information content (AvgIpc) is 2.91. The van der Waals surface area contributed by atoms with Gasteiger partial charge in [0, 0.05) is 23.9 Å². The van der Waals surface area contributed by atoms with Crippen LogP contribution in [-0.4, -0.2) is 30.9 Å². The highest BCUT2D eigenvalue weighted by Crippen LogP contribution is 2.26. The molecule has 1 aromatic rings. The standard InChI is InChI=1S/C14H22N2OS/c1-15-12-7-5-11(6-8-12)14(17)16(2)10-13-4-3-9-18-13/h3-4,9,11-12,15H,5-8,10H2,1-2H3. The van der Waals surface area contributed by atoms with E-state index in [4.69, 9.17) is 0 Å². The van der Waals surface area contributed by atoms with E-state index in [1.54, 1.807) is 11.3 Å². The molecule has 0 saturated heterocycles. The van der Waals surface area contributed by atoms with Gasteiger partial charge in [-0.15, -0.1) is 11.3 Å². The number of hydrogen-bond donors (Lipinski definition) is 1. The number of carbonyl (C=O) groups is 1. The molecule has 0 atom stereocenters. The van der Waals surface area contributed by atoms with Gasteiger partial charge in [-0.1, -0.05) is 6.07 Å². The van der Waals surface area contributed by atoms with Crippen LogP contribution < -0.4 is 5.32 Å². The quantitative estimate of drug-likeness (QED) is 0.908. The molecular formula is C14H22N2OS. The van der Waals surface area contributed by atoms with Gasteiger partial charge in [0.05, 0.1) is 6.54 Å². The third kappa shape index (κ3) is 3.33. The Labute approximate surface area is 113 Å². The molecule has 1 N–H and O–H groups in total. The molecule has 0 radical (unpaired) electrons. The van der Waals surface area contributed by atoms with Gasteiger partial charge in [-0.05, 0) is 44.2 Å². The summed E-state index contributed by atoms with van der Waals surface area (Å²) in [4.78, 5) is 15.5. The number of thiophene rings is 1. The zero-order chi connectivity index (χ0) is 13.0. The highest BCUT2D eigenvalue weighted by molar-refractivity contribution is 7.09. The summed E-state index contributed by atoms with van der Waals surface area (Å²) in [6.45, 7) is 0.752. The third-order valence-electron chi connectivity index (χ3n) is 3.83. The van der Waals surface area contributed by atoms with Crippen LogP contribution in [0.15, 0.2) is 17.5 Å². The van der Waals surface area contributed by atoms with Crippen molar-refractivity contribution in [2.75, 3.05) is 14.1 Å². The van der Waals surface area contributed by atoms with Crippen molar-refractivity contribution in [3.05, 3.63) is 22.4 Å². The van der Waals surface area contributed by atoms with E-state index < -0.39 is 0 Å². The van der Waals surface area contributed by atoms with Crippen LogP contribution >= 0.6 is 11.3 Å². The molecule has 0 bridgehead atoms. The summed E-state index contributed by atoms with van der Waals surface area (Å²) in [5, 5.41) is 5.37. The molecule has 1 aromatic heterocycles. The van der Waals surface area contributed by atoms with Crippen LogP contribution in [0.3, 0.4) is 0 Å². The van der Waals surface area contributed by atoms with E-state index in [9.17, 15) is 4.79 Å². The van der Waals surface area contributed by atoms with Gasteiger partial charge in [0.1, 0.15) is 0 Å². The lowest BCUT2D eigenvalue weighted by Gasteiger charge is -2.30. The molecule has 0 spiro atoms. The molecule has 3 nitrogen and oxygen atoms in total. The summed E-state index contributed by atoms with van der Waals surface area (Å²) >= 11 is 1.72. The minimum atomic E-state index is 0.236. The molecule has 0 unspecified atom stereocenters. The number of hydrogen-bond acceptors (Lipinski definition) is 3. The van der Waals surface area contributed by atoms with Crippen molar-refractivity contribution >= 4 is 17.2 Å².